The molecule has 7 heteroatoms. The highest BCUT2D eigenvalue weighted by atomic mass is 16.5. The molecule has 2 aromatic carbocycles. The van der Waals surface area contributed by atoms with Gasteiger partial charge in [-0.25, -0.2) is 4.79 Å². The molecule has 4 rings (SSSR count). The van der Waals surface area contributed by atoms with Gasteiger partial charge in [0.05, 0.1) is 20.3 Å². The van der Waals surface area contributed by atoms with Crippen LogP contribution in [-0.4, -0.2) is 50.2 Å². The number of methoxy groups -OCH3 is 2. The number of nitrogens with one attached hydrogen (secondary N) is 1. The van der Waals surface area contributed by atoms with E-state index in [1.807, 2.05) is 23.1 Å². The fraction of sp³-hybridized carbons (Fsp3) is 0.364. The molecule has 0 radical (unpaired) electrons. The van der Waals surface area contributed by atoms with Crippen LogP contribution in [0.25, 0.3) is 0 Å². The number of nitrogens with zero attached hydrogens (tertiary/aromatic N) is 2. The SMILES string of the molecule is COc1ccc(N2C[C@H](NC(=O)N3CCc4ccccc4C3)CC2=O)cc1OC. The first-order valence-corrected chi connectivity index (χ1v) is 9.73. The molecule has 3 amide bonds. The highest BCUT2D eigenvalue weighted by molar-refractivity contribution is 5.97. The molecule has 0 unspecified atom stereocenters. The van der Waals surface area contributed by atoms with Crippen LogP contribution in [0.5, 0.6) is 11.5 Å². The van der Waals surface area contributed by atoms with E-state index in [4.69, 9.17) is 9.47 Å². The summed E-state index contributed by atoms with van der Waals surface area (Å²) in [4.78, 5) is 28.8. The summed E-state index contributed by atoms with van der Waals surface area (Å²) in [6, 6.07) is 13.2. The van der Waals surface area contributed by atoms with Crippen LogP contribution in [-0.2, 0) is 17.8 Å². The molecule has 2 aromatic rings. The first-order chi connectivity index (χ1) is 14.1. The highest BCUT2D eigenvalue weighted by Crippen LogP contribution is 2.33. The average Bonchev–Trinajstić information content (AvgIpc) is 3.12. The molecule has 1 saturated heterocycles. The van der Waals surface area contributed by atoms with Gasteiger partial charge in [-0.05, 0) is 29.7 Å². The van der Waals surface area contributed by atoms with Gasteiger partial charge in [-0.1, -0.05) is 24.3 Å². The summed E-state index contributed by atoms with van der Waals surface area (Å²) in [5.74, 6) is 1.15. The summed E-state index contributed by atoms with van der Waals surface area (Å²) >= 11 is 0. The fourth-order valence-corrected chi connectivity index (χ4v) is 3.98. The summed E-state index contributed by atoms with van der Waals surface area (Å²) in [7, 11) is 3.14. The number of hydrogen-bond acceptors (Lipinski definition) is 4. The third-order valence-electron chi connectivity index (χ3n) is 5.55. The topological polar surface area (TPSA) is 71.1 Å². The molecule has 7 nitrogen and oxygen atoms in total. The van der Waals surface area contributed by atoms with Gasteiger partial charge >= 0.3 is 6.03 Å². The highest BCUT2D eigenvalue weighted by Gasteiger charge is 2.33. The molecule has 0 saturated carbocycles. The largest absolute Gasteiger partial charge is 0.493 e. The van der Waals surface area contributed by atoms with Crippen molar-refractivity contribution in [2.45, 2.75) is 25.4 Å². The molecule has 29 heavy (non-hydrogen) atoms. The lowest BCUT2D eigenvalue weighted by atomic mass is 10.0. The van der Waals surface area contributed by atoms with Crippen molar-refractivity contribution < 1.29 is 19.1 Å². The fourth-order valence-electron chi connectivity index (χ4n) is 3.98. The maximum absolute atomic E-state index is 12.7. The van der Waals surface area contributed by atoms with Gasteiger partial charge in [-0.2, -0.15) is 0 Å². The molecule has 1 fully saturated rings. The van der Waals surface area contributed by atoms with Gasteiger partial charge in [0.25, 0.3) is 0 Å². The first kappa shape index (κ1) is 19.1. The zero-order chi connectivity index (χ0) is 20.4. The van der Waals surface area contributed by atoms with E-state index in [9.17, 15) is 9.59 Å². The molecule has 0 spiro atoms. The van der Waals surface area contributed by atoms with Crippen LogP contribution in [0.1, 0.15) is 17.5 Å². The summed E-state index contributed by atoms with van der Waals surface area (Å²) in [5.41, 5.74) is 3.21. The van der Waals surface area contributed by atoms with E-state index in [1.54, 1.807) is 31.3 Å². The normalized spacial score (nSPS) is 18.4. The Labute approximate surface area is 170 Å². The lowest BCUT2D eigenvalue weighted by Crippen LogP contribution is -2.47. The summed E-state index contributed by atoms with van der Waals surface area (Å²) in [6.45, 7) is 1.72. The number of fused-ring (bicyclic) bond motifs is 1. The number of carbonyl (C=O) groups excluding carboxylic acids is 2. The van der Waals surface area contributed by atoms with Crippen molar-refractivity contribution in [3.05, 3.63) is 53.6 Å². The van der Waals surface area contributed by atoms with Crippen molar-refractivity contribution in [1.82, 2.24) is 10.2 Å². The van der Waals surface area contributed by atoms with Crippen LogP contribution in [0, 0.1) is 0 Å². The van der Waals surface area contributed by atoms with Gasteiger partial charge in [0.1, 0.15) is 0 Å². The van der Waals surface area contributed by atoms with E-state index in [-0.39, 0.29) is 24.4 Å². The van der Waals surface area contributed by atoms with Crippen LogP contribution in [0.3, 0.4) is 0 Å². The van der Waals surface area contributed by atoms with E-state index in [1.165, 1.54) is 11.1 Å². The Morgan fingerprint density at radius 2 is 1.83 bits per heavy atom. The van der Waals surface area contributed by atoms with Gasteiger partial charge in [0.2, 0.25) is 5.91 Å². The van der Waals surface area contributed by atoms with Crippen LogP contribution < -0.4 is 19.7 Å². The van der Waals surface area contributed by atoms with Crippen molar-refractivity contribution in [1.29, 1.82) is 0 Å². The monoisotopic (exact) mass is 395 g/mol. The van der Waals surface area contributed by atoms with Crippen LogP contribution >= 0.6 is 0 Å². The molecule has 1 atom stereocenters. The number of benzene rings is 2. The summed E-state index contributed by atoms with van der Waals surface area (Å²) < 4.78 is 10.6. The Bertz CT molecular complexity index is 930. The Balaban J connectivity index is 1.40. The standard InChI is InChI=1S/C22H25N3O4/c1-28-19-8-7-18(12-20(19)29-2)25-14-17(11-21(25)26)23-22(27)24-10-9-15-5-3-4-6-16(15)13-24/h3-8,12,17H,9-11,13-14H2,1-2H3,(H,23,27)/t17-/m1/s1. The first-order valence-electron chi connectivity index (χ1n) is 9.73. The zero-order valence-electron chi connectivity index (χ0n) is 16.7. The zero-order valence-corrected chi connectivity index (χ0v) is 16.7. The number of amides is 3. The van der Waals surface area contributed by atoms with Crippen molar-refractivity contribution >= 4 is 17.6 Å². The number of anilines is 1. The minimum atomic E-state index is -0.222. The molecular formula is C22H25N3O4. The molecule has 152 valence electrons. The third-order valence-corrected chi connectivity index (χ3v) is 5.55. The third kappa shape index (κ3) is 3.85. The smallest absolute Gasteiger partial charge is 0.318 e. The molecule has 2 heterocycles. The number of ether oxygens (including phenoxy) is 2. The maximum atomic E-state index is 12.7. The minimum absolute atomic E-state index is 0.0218. The Hall–Kier alpha value is -3.22. The molecule has 1 N–H and O–H groups in total. The van der Waals surface area contributed by atoms with Gasteiger partial charge < -0.3 is 24.6 Å². The molecule has 0 bridgehead atoms. The molecule has 0 aliphatic carbocycles. The second kappa shape index (κ2) is 8.03. The lowest BCUT2D eigenvalue weighted by Gasteiger charge is -2.30. The Kier molecular flexibility index (Phi) is 5.29. The number of carbonyl (C=O) groups is 2. The van der Waals surface area contributed by atoms with E-state index < -0.39 is 0 Å². The molecule has 0 aromatic heterocycles. The van der Waals surface area contributed by atoms with Gasteiger partial charge in [-0.15, -0.1) is 0 Å². The number of rotatable bonds is 4. The van der Waals surface area contributed by atoms with E-state index in [0.717, 1.165) is 12.1 Å². The Morgan fingerprint density at radius 1 is 1.07 bits per heavy atom. The Morgan fingerprint density at radius 3 is 2.59 bits per heavy atom. The second-order valence-corrected chi connectivity index (χ2v) is 7.33. The predicted molar refractivity (Wildman–Crippen MR) is 109 cm³/mol. The molecular weight excluding hydrogens is 370 g/mol. The number of urea groups is 1. The molecule has 2 aliphatic rings. The predicted octanol–water partition coefficient (Wildman–Crippen LogP) is 2.58. The van der Waals surface area contributed by atoms with E-state index in [2.05, 4.69) is 17.4 Å². The van der Waals surface area contributed by atoms with Crippen LogP contribution in [0.15, 0.2) is 42.5 Å². The van der Waals surface area contributed by atoms with Crippen molar-refractivity contribution in [2.24, 2.45) is 0 Å². The minimum Gasteiger partial charge on any atom is -0.493 e. The average molecular weight is 395 g/mol. The maximum Gasteiger partial charge on any atom is 0.318 e. The summed E-state index contributed by atoms with van der Waals surface area (Å²) in [6.07, 6.45) is 1.13. The number of hydrogen-bond donors (Lipinski definition) is 1. The molecule has 2 aliphatic heterocycles. The van der Waals surface area contributed by atoms with Crippen LogP contribution in [0.4, 0.5) is 10.5 Å². The van der Waals surface area contributed by atoms with E-state index in [0.29, 0.717) is 31.1 Å². The van der Waals surface area contributed by atoms with Gasteiger partial charge in [0, 0.05) is 37.8 Å². The van der Waals surface area contributed by atoms with Gasteiger partial charge in [-0.3, -0.25) is 4.79 Å². The second-order valence-electron chi connectivity index (χ2n) is 7.33. The van der Waals surface area contributed by atoms with Crippen LogP contribution in [0.2, 0.25) is 0 Å². The van der Waals surface area contributed by atoms with E-state index >= 15 is 0 Å². The van der Waals surface area contributed by atoms with Gasteiger partial charge in [0.15, 0.2) is 11.5 Å². The quantitative estimate of drug-likeness (QED) is 0.864. The summed E-state index contributed by atoms with van der Waals surface area (Å²) in [5, 5.41) is 3.03. The lowest BCUT2D eigenvalue weighted by molar-refractivity contribution is -0.117. The van der Waals surface area contributed by atoms with Crippen molar-refractivity contribution in [3.63, 3.8) is 0 Å². The van der Waals surface area contributed by atoms with Crippen molar-refractivity contribution in [3.8, 4) is 11.5 Å². The van der Waals surface area contributed by atoms with Crippen molar-refractivity contribution in [2.75, 3.05) is 32.2 Å².